The molecule has 0 saturated carbocycles. The Kier molecular flexibility index (Phi) is 6.07. The molecule has 3 nitrogen and oxygen atoms in total. The van der Waals surface area contributed by atoms with Crippen LogP contribution in [0.25, 0.3) is 11.3 Å². The highest BCUT2D eigenvalue weighted by molar-refractivity contribution is 7.08. The molecule has 0 bridgehead atoms. The maximum absolute atomic E-state index is 4.93. The maximum atomic E-state index is 4.93. The van der Waals surface area contributed by atoms with Crippen molar-refractivity contribution in [2.75, 3.05) is 6.54 Å². The molecule has 0 aliphatic carbocycles. The minimum absolute atomic E-state index is 0. The molecule has 0 fully saturated rings. The van der Waals surface area contributed by atoms with Crippen LogP contribution in [0.5, 0.6) is 0 Å². The van der Waals surface area contributed by atoms with Crippen molar-refractivity contribution < 1.29 is 0 Å². The molecule has 0 saturated heterocycles. The number of fused-ring (bicyclic) bond motifs is 1. The molecule has 26 heavy (non-hydrogen) atoms. The quantitative estimate of drug-likeness (QED) is 0.609. The van der Waals surface area contributed by atoms with Crippen molar-refractivity contribution in [3.8, 4) is 11.3 Å². The van der Waals surface area contributed by atoms with Crippen molar-refractivity contribution in [1.29, 1.82) is 0 Å². The van der Waals surface area contributed by atoms with E-state index in [1.807, 2.05) is 0 Å². The van der Waals surface area contributed by atoms with Gasteiger partial charge in [0, 0.05) is 42.1 Å². The van der Waals surface area contributed by atoms with Crippen molar-refractivity contribution >= 4 is 23.7 Å². The molecule has 3 aromatic rings. The van der Waals surface area contributed by atoms with E-state index in [0.717, 1.165) is 37.6 Å². The van der Waals surface area contributed by atoms with Gasteiger partial charge in [-0.15, -0.1) is 12.4 Å². The van der Waals surface area contributed by atoms with E-state index in [2.05, 4.69) is 65.9 Å². The first-order chi connectivity index (χ1) is 12.2. The monoisotopic (exact) mass is 385 g/mol. The van der Waals surface area contributed by atoms with E-state index < -0.39 is 0 Å². The second-order valence-electron chi connectivity index (χ2n) is 6.97. The van der Waals surface area contributed by atoms with E-state index in [-0.39, 0.29) is 12.4 Å². The van der Waals surface area contributed by atoms with Crippen molar-refractivity contribution in [3.63, 3.8) is 0 Å². The summed E-state index contributed by atoms with van der Waals surface area (Å²) in [6.07, 6.45) is 1.02. The van der Waals surface area contributed by atoms with Gasteiger partial charge >= 0.3 is 0 Å². The third-order valence-electron chi connectivity index (χ3n) is 4.72. The molecular formula is C21H24ClN3S. The van der Waals surface area contributed by atoms with Crippen LogP contribution >= 0.6 is 23.7 Å². The summed E-state index contributed by atoms with van der Waals surface area (Å²) in [5.41, 5.74) is 6.30. The lowest BCUT2D eigenvalue weighted by atomic mass is 9.98. The fraction of sp³-hybridized carbons (Fsp3) is 0.333. The van der Waals surface area contributed by atoms with E-state index in [4.69, 9.17) is 9.97 Å². The first kappa shape index (κ1) is 19.0. The van der Waals surface area contributed by atoms with Gasteiger partial charge < -0.3 is 0 Å². The zero-order valence-corrected chi connectivity index (χ0v) is 16.8. The minimum Gasteiger partial charge on any atom is -0.293 e. The first-order valence-corrected chi connectivity index (χ1v) is 9.83. The second-order valence-corrected chi connectivity index (χ2v) is 7.75. The topological polar surface area (TPSA) is 29.0 Å². The molecule has 1 aromatic carbocycles. The van der Waals surface area contributed by atoms with Gasteiger partial charge in [0.2, 0.25) is 0 Å². The van der Waals surface area contributed by atoms with Crippen molar-refractivity contribution in [3.05, 3.63) is 69.8 Å². The highest BCUT2D eigenvalue weighted by atomic mass is 35.5. The van der Waals surface area contributed by atoms with Gasteiger partial charge in [0.1, 0.15) is 5.82 Å². The van der Waals surface area contributed by atoms with Crippen molar-refractivity contribution in [2.24, 2.45) is 0 Å². The lowest BCUT2D eigenvalue weighted by Crippen LogP contribution is -2.32. The molecule has 1 aliphatic heterocycles. The predicted molar refractivity (Wildman–Crippen MR) is 111 cm³/mol. The molecule has 4 rings (SSSR count). The Labute approximate surface area is 165 Å². The average Bonchev–Trinajstić information content (AvgIpc) is 3.16. The molecule has 0 spiro atoms. The summed E-state index contributed by atoms with van der Waals surface area (Å²) in [4.78, 5) is 12.3. The highest BCUT2D eigenvalue weighted by Crippen LogP contribution is 2.31. The summed E-state index contributed by atoms with van der Waals surface area (Å²) in [5.74, 6) is 1.30. The zero-order chi connectivity index (χ0) is 17.2. The number of nitrogens with zero attached hydrogens (tertiary/aromatic N) is 3. The van der Waals surface area contributed by atoms with Crippen LogP contribution in [-0.4, -0.2) is 21.4 Å². The molecule has 5 heteroatoms. The summed E-state index contributed by atoms with van der Waals surface area (Å²) in [5, 5.41) is 4.33. The Morgan fingerprint density at radius 3 is 2.62 bits per heavy atom. The van der Waals surface area contributed by atoms with Gasteiger partial charge in [-0.1, -0.05) is 44.2 Å². The number of hydrogen-bond acceptors (Lipinski definition) is 4. The van der Waals surface area contributed by atoms with Gasteiger partial charge in [-0.25, -0.2) is 9.97 Å². The summed E-state index contributed by atoms with van der Waals surface area (Å²) >= 11 is 1.73. The largest absolute Gasteiger partial charge is 0.293 e. The predicted octanol–water partition coefficient (Wildman–Crippen LogP) is 5.31. The van der Waals surface area contributed by atoms with Crippen LogP contribution in [0.1, 0.15) is 42.4 Å². The Balaban J connectivity index is 0.00000196. The first-order valence-electron chi connectivity index (χ1n) is 8.89. The van der Waals surface area contributed by atoms with Gasteiger partial charge in [-0.05, 0) is 23.4 Å². The lowest BCUT2D eigenvalue weighted by molar-refractivity contribution is 0.241. The van der Waals surface area contributed by atoms with Gasteiger partial charge in [0.25, 0.3) is 0 Å². The fourth-order valence-electron chi connectivity index (χ4n) is 3.38. The van der Waals surface area contributed by atoms with Crippen molar-refractivity contribution in [2.45, 2.75) is 39.3 Å². The highest BCUT2D eigenvalue weighted by Gasteiger charge is 2.23. The van der Waals surface area contributed by atoms with Crippen LogP contribution in [0.3, 0.4) is 0 Å². The van der Waals surface area contributed by atoms with Gasteiger partial charge in [0.15, 0.2) is 0 Å². The van der Waals surface area contributed by atoms with Crippen LogP contribution in [0.4, 0.5) is 0 Å². The summed E-state index contributed by atoms with van der Waals surface area (Å²) in [7, 11) is 0. The van der Waals surface area contributed by atoms with Crippen LogP contribution in [0.15, 0.2) is 47.2 Å². The third kappa shape index (κ3) is 3.98. The second kappa shape index (κ2) is 8.30. The zero-order valence-electron chi connectivity index (χ0n) is 15.2. The van der Waals surface area contributed by atoms with Crippen LogP contribution in [-0.2, 0) is 19.5 Å². The minimum atomic E-state index is 0. The number of aromatic nitrogens is 2. The third-order valence-corrected chi connectivity index (χ3v) is 5.40. The molecule has 0 radical (unpaired) electrons. The SMILES string of the molecule is CC(C)c1nc2c(c(-c3ccsc3)n1)CCN(Cc1ccccc1)C2.Cl. The molecule has 136 valence electrons. The normalized spacial score (nSPS) is 14.1. The number of hydrogen-bond donors (Lipinski definition) is 0. The summed E-state index contributed by atoms with van der Waals surface area (Å²) in [6, 6.07) is 12.9. The van der Waals surface area contributed by atoms with Crippen molar-refractivity contribution in [1.82, 2.24) is 14.9 Å². The molecule has 0 unspecified atom stereocenters. The molecule has 0 amide bonds. The number of rotatable bonds is 4. The molecule has 3 heterocycles. The molecular weight excluding hydrogens is 362 g/mol. The number of thiophene rings is 1. The smallest absolute Gasteiger partial charge is 0.131 e. The van der Waals surface area contributed by atoms with Crippen LogP contribution < -0.4 is 0 Å². The fourth-order valence-corrected chi connectivity index (χ4v) is 4.02. The summed E-state index contributed by atoms with van der Waals surface area (Å²) in [6.45, 7) is 7.29. The molecule has 2 aromatic heterocycles. The Morgan fingerprint density at radius 1 is 1.12 bits per heavy atom. The van der Waals surface area contributed by atoms with E-state index >= 15 is 0 Å². The Morgan fingerprint density at radius 2 is 1.92 bits per heavy atom. The molecule has 0 N–H and O–H groups in total. The molecule has 0 atom stereocenters. The van der Waals surface area contributed by atoms with E-state index in [0.29, 0.717) is 5.92 Å². The number of halogens is 1. The van der Waals surface area contributed by atoms with E-state index in [1.54, 1.807) is 11.3 Å². The van der Waals surface area contributed by atoms with E-state index in [1.165, 1.54) is 22.4 Å². The van der Waals surface area contributed by atoms with Gasteiger partial charge in [-0.3, -0.25) is 4.90 Å². The Hall–Kier alpha value is -1.75. The number of benzene rings is 1. The van der Waals surface area contributed by atoms with Crippen LogP contribution in [0.2, 0.25) is 0 Å². The Bertz CT molecular complexity index is 847. The molecule has 1 aliphatic rings. The standard InChI is InChI=1S/C21H23N3S.ClH/c1-15(2)21-22-19-13-24(12-16-6-4-3-5-7-16)10-8-18(19)20(23-21)17-9-11-25-14-17;/h3-7,9,11,14-15H,8,10,12-13H2,1-2H3;1H. The summed E-state index contributed by atoms with van der Waals surface area (Å²) < 4.78 is 0. The lowest BCUT2D eigenvalue weighted by Gasteiger charge is -2.29. The average molecular weight is 386 g/mol. The van der Waals surface area contributed by atoms with Gasteiger partial charge in [-0.2, -0.15) is 11.3 Å². The maximum Gasteiger partial charge on any atom is 0.131 e. The van der Waals surface area contributed by atoms with E-state index in [9.17, 15) is 0 Å². The van der Waals surface area contributed by atoms with Gasteiger partial charge in [0.05, 0.1) is 11.4 Å². The van der Waals surface area contributed by atoms with Crippen LogP contribution in [0, 0.1) is 0 Å².